The zero-order chi connectivity index (χ0) is 21.3. The molecule has 1 heterocycles. The highest BCUT2D eigenvalue weighted by Crippen LogP contribution is 2.39. The van der Waals surface area contributed by atoms with E-state index in [0.29, 0.717) is 36.8 Å². The summed E-state index contributed by atoms with van der Waals surface area (Å²) in [6.45, 7) is 3.44. The van der Waals surface area contributed by atoms with E-state index in [2.05, 4.69) is 16.7 Å². The van der Waals surface area contributed by atoms with E-state index in [4.69, 9.17) is 0 Å². The van der Waals surface area contributed by atoms with Gasteiger partial charge in [-0.2, -0.15) is 5.26 Å². The van der Waals surface area contributed by atoms with E-state index in [1.165, 1.54) is 0 Å². The molecule has 8 atom stereocenters. The van der Waals surface area contributed by atoms with Gasteiger partial charge in [-0.15, -0.1) is 0 Å². The van der Waals surface area contributed by atoms with Crippen LogP contribution < -0.4 is 10.6 Å². The van der Waals surface area contributed by atoms with Crippen molar-refractivity contribution in [1.82, 2.24) is 10.6 Å². The average Bonchev–Trinajstić information content (AvgIpc) is 2.65. The predicted molar refractivity (Wildman–Crippen MR) is 102 cm³/mol. The molecule has 29 heavy (non-hydrogen) atoms. The average molecular weight is 409 g/mol. The van der Waals surface area contributed by atoms with E-state index in [-0.39, 0.29) is 30.7 Å². The highest BCUT2D eigenvalue weighted by molar-refractivity contribution is 6.00. The number of carbonyl (C=O) groups excluding carboxylic acids is 2. The number of nitrogens with one attached hydrogen (secondary N) is 2. The van der Waals surface area contributed by atoms with Gasteiger partial charge in [-0.1, -0.05) is 5.57 Å². The number of alkyl halides is 2. The van der Waals surface area contributed by atoms with Crippen LogP contribution in [0.3, 0.4) is 0 Å². The molecule has 0 bridgehead atoms. The van der Waals surface area contributed by atoms with Crippen molar-refractivity contribution in [3.8, 4) is 6.07 Å². The number of halogens is 2. The minimum absolute atomic E-state index is 0.140. The Kier molecular flexibility index (Phi) is 6.57. The first-order valence-corrected chi connectivity index (χ1v) is 10.4. The van der Waals surface area contributed by atoms with Crippen molar-refractivity contribution in [2.45, 2.75) is 82.9 Å². The third-order valence-corrected chi connectivity index (χ3v) is 6.85. The van der Waals surface area contributed by atoms with Gasteiger partial charge in [0.05, 0.1) is 24.5 Å². The fourth-order valence-electron chi connectivity index (χ4n) is 5.18. The Balaban J connectivity index is 1.69. The summed E-state index contributed by atoms with van der Waals surface area (Å²) in [4.78, 5) is 25.1. The van der Waals surface area contributed by atoms with Gasteiger partial charge in [0.1, 0.15) is 12.3 Å². The Bertz CT molecular complexity index is 735. The molecule has 3 aliphatic rings. The molecule has 0 saturated heterocycles. The fourth-order valence-corrected chi connectivity index (χ4v) is 5.18. The van der Waals surface area contributed by atoms with E-state index >= 15 is 0 Å². The molecule has 0 aromatic heterocycles. The van der Waals surface area contributed by atoms with Crippen LogP contribution in [0.4, 0.5) is 8.78 Å². The number of rotatable bonds is 4. The number of amides is 2. The van der Waals surface area contributed by atoms with Crippen LogP contribution in [0, 0.1) is 29.1 Å². The molecule has 0 radical (unpaired) electrons. The lowest BCUT2D eigenvalue weighted by Gasteiger charge is -2.42. The molecule has 2 fully saturated rings. The zero-order valence-corrected chi connectivity index (χ0v) is 16.8. The standard InChI is InChI=1S/C21H29F2N3O3/c1-10-14(21(29)26-17-5-6-18(27)15(9-24)20(10)17)8-19(28)25-11(2)13-4-3-12(22)7-16(13)23/h11-13,15-18,20,27H,3-8H2,1-2H3,(H,25,28)(H,26,29)/t11-,12?,13?,15?,16?,17?,18?,20?/m0/s1. The molecule has 3 rings (SSSR count). The largest absolute Gasteiger partial charge is 0.392 e. The smallest absolute Gasteiger partial charge is 0.247 e. The van der Waals surface area contributed by atoms with Gasteiger partial charge in [0.15, 0.2) is 0 Å². The number of aliphatic hydroxyl groups is 1. The summed E-state index contributed by atoms with van der Waals surface area (Å²) in [5.41, 5.74) is 0.961. The van der Waals surface area contributed by atoms with Crippen molar-refractivity contribution < 1.29 is 23.5 Å². The maximum absolute atomic E-state index is 14.2. The third kappa shape index (κ3) is 4.45. The topological polar surface area (TPSA) is 102 Å². The summed E-state index contributed by atoms with van der Waals surface area (Å²) in [6.07, 6.45) is -1.80. The zero-order valence-electron chi connectivity index (χ0n) is 16.8. The normalized spacial score (nSPS) is 38.5. The van der Waals surface area contributed by atoms with Crippen LogP contribution in [0.25, 0.3) is 0 Å². The van der Waals surface area contributed by atoms with Crippen LogP contribution in [-0.4, -0.2) is 47.5 Å². The molecule has 0 aromatic carbocycles. The lowest BCUT2D eigenvalue weighted by atomic mass is 9.68. The Labute approximate surface area is 169 Å². The molecule has 2 aliphatic carbocycles. The molecule has 8 heteroatoms. The van der Waals surface area contributed by atoms with Crippen molar-refractivity contribution in [1.29, 1.82) is 5.26 Å². The molecule has 2 amide bonds. The quantitative estimate of drug-likeness (QED) is 0.662. The van der Waals surface area contributed by atoms with E-state index in [1.807, 2.05) is 0 Å². The van der Waals surface area contributed by atoms with Gasteiger partial charge < -0.3 is 15.7 Å². The third-order valence-electron chi connectivity index (χ3n) is 6.85. The first-order valence-electron chi connectivity index (χ1n) is 10.4. The van der Waals surface area contributed by atoms with Crippen molar-refractivity contribution in [3.63, 3.8) is 0 Å². The van der Waals surface area contributed by atoms with Crippen LogP contribution in [0.2, 0.25) is 0 Å². The van der Waals surface area contributed by atoms with Crippen molar-refractivity contribution >= 4 is 11.8 Å². The number of aliphatic hydroxyl groups excluding tert-OH is 1. The van der Waals surface area contributed by atoms with Crippen molar-refractivity contribution in [3.05, 3.63) is 11.1 Å². The second kappa shape index (κ2) is 8.78. The van der Waals surface area contributed by atoms with E-state index in [1.54, 1.807) is 13.8 Å². The van der Waals surface area contributed by atoms with E-state index in [9.17, 15) is 28.7 Å². The SMILES string of the molecule is CC1=C(CC(=O)N[C@@H](C)C2CCC(F)CC2F)C(=O)NC2CCC(O)C(C#N)C12. The number of nitriles is 1. The summed E-state index contributed by atoms with van der Waals surface area (Å²) in [5, 5.41) is 25.3. The van der Waals surface area contributed by atoms with Gasteiger partial charge in [0, 0.05) is 35.9 Å². The summed E-state index contributed by atoms with van der Waals surface area (Å²) >= 11 is 0. The molecule has 0 spiro atoms. The van der Waals surface area contributed by atoms with Crippen LogP contribution >= 0.6 is 0 Å². The van der Waals surface area contributed by atoms with Gasteiger partial charge in [-0.3, -0.25) is 9.59 Å². The second-order valence-corrected chi connectivity index (χ2v) is 8.69. The minimum Gasteiger partial charge on any atom is -0.392 e. The Morgan fingerprint density at radius 2 is 2.07 bits per heavy atom. The van der Waals surface area contributed by atoms with Gasteiger partial charge in [0.2, 0.25) is 11.8 Å². The molecule has 0 aromatic rings. The number of hydrogen-bond acceptors (Lipinski definition) is 4. The Morgan fingerprint density at radius 1 is 1.34 bits per heavy atom. The Morgan fingerprint density at radius 3 is 2.72 bits per heavy atom. The highest BCUT2D eigenvalue weighted by Gasteiger charge is 2.45. The highest BCUT2D eigenvalue weighted by atomic mass is 19.1. The second-order valence-electron chi connectivity index (χ2n) is 8.69. The minimum atomic E-state index is -1.30. The molecular formula is C21H29F2N3O3. The van der Waals surface area contributed by atoms with Crippen LogP contribution in [0.1, 0.15) is 52.4 Å². The van der Waals surface area contributed by atoms with Gasteiger partial charge in [-0.25, -0.2) is 8.78 Å². The van der Waals surface area contributed by atoms with Crippen LogP contribution in [0.5, 0.6) is 0 Å². The number of hydrogen-bond donors (Lipinski definition) is 3. The van der Waals surface area contributed by atoms with Crippen LogP contribution in [0.15, 0.2) is 11.1 Å². The van der Waals surface area contributed by atoms with E-state index < -0.39 is 42.2 Å². The maximum Gasteiger partial charge on any atom is 0.247 e. The van der Waals surface area contributed by atoms with Crippen LogP contribution in [-0.2, 0) is 9.59 Å². The number of fused-ring (bicyclic) bond motifs is 1. The molecule has 160 valence electrons. The molecule has 2 saturated carbocycles. The lowest BCUT2D eigenvalue weighted by molar-refractivity contribution is -0.125. The summed E-state index contributed by atoms with van der Waals surface area (Å²) < 4.78 is 27.5. The molecule has 6 nitrogen and oxygen atoms in total. The monoisotopic (exact) mass is 409 g/mol. The van der Waals surface area contributed by atoms with Gasteiger partial charge in [0.25, 0.3) is 0 Å². The molecule has 3 N–H and O–H groups in total. The van der Waals surface area contributed by atoms with Gasteiger partial charge >= 0.3 is 0 Å². The van der Waals surface area contributed by atoms with Crippen molar-refractivity contribution in [2.24, 2.45) is 17.8 Å². The number of carbonyl (C=O) groups is 2. The lowest BCUT2D eigenvalue weighted by Crippen LogP contribution is -2.54. The van der Waals surface area contributed by atoms with Crippen molar-refractivity contribution in [2.75, 3.05) is 0 Å². The molecule has 7 unspecified atom stereocenters. The summed E-state index contributed by atoms with van der Waals surface area (Å²) in [7, 11) is 0. The summed E-state index contributed by atoms with van der Waals surface area (Å²) in [5.74, 6) is -2.13. The Hall–Kier alpha value is -2.01. The maximum atomic E-state index is 14.2. The first kappa shape index (κ1) is 21.7. The molecule has 1 aliphatic heterocycles. The van der Waals surface area contributed by atoms with E-state index in [0.717, 1.165) is 0 Å². The number of nitrogens with zero attached hydrogens (tertiary/aromatic N) is 1. The predicted octanol–water partition coefficient (Wildman–Crippen LogP) is 2.08. The fraction of sp³-hybridized carbons (Fsp3) is 0.762. The van der Waals surface area contributed by atoms with Gasteiger partial charge in [-0.05, 0) is 39.5 Å². The molecular weight excluding hydrogens is 380 g/mol. The summed E-state index contributed by atoms with van der Waals surface area (Å²) in [6, 6.07) is 1.47. The first-order chi connectivity index (χ1) is 13.7.